The summed E-state index contributed by atoms with van der Waals surface area (Å²) in [4.78, 5) is 11.9. The van der Waals surface area contributed by atoms with Gasteiger partial charge in [-0.3, -0.25) is 4.79 Å². The van der Waals surface area contributed by atoms with Gasteiger partial charge in [0.15, 0.2) is 11.6 Å². The lowest BCUT2D eigenvalue weighted by Gasteiger charge is -2.14. The Bertz CT molecular complexity index is 446. The maximum Gasteiger partial charge on any atom is 0.224 e. The van der Waals surface area contributed by atoms with Crippen LogP contribution in [0, 0.1) is 11.7 Å². The Balaban J connectivity index is 2.47. The van der Waals surface area contributed by atoms with Crippen molar-refractivity contribution < 1.29 is 13.9 Å². The van der Waals surface area contributed by atoms with Crippen LogP contribution in [0.25, 0.3) is 0 Å². The van der Waals surface area contributed by atoms with E-state index in [1.807, 2.05) is 0 Å². The molecule has 0 fully saturated rings. The number of hydrogen-bond donors (Lipinski definition) is 2. The van der Waals surface area contributed by atoms with Crippen molar-refractivity contribution in [1.29, 1.82) is 0 Å². The third-order valence-corrected chi connectivity index (χ3v) is 3.49. The lowest BCUT2D eigenvalue weighted by molar-refractivity contribution is -0.116. The largest absolute Gasteiger partial charge is 0.494 e. The average Bonchev–Trinajstić information content (AvgIpc) is 2.45. The number of carbonyl (C=O) groups excluding carboxylic acids is 1. The minimum absolute atomic E-state index is 0.0994. The molecule has 0 aliphatic rings. The first-order valence-corrected chi connectivity index (χ1v) is 7.44. The zero-order valence-corrected chi connectivity index (χ0v) is 12.8. The quantitative estimate of drug-likeness (QED) is 0.734. The highest BCUT2D eigenvalue weighted by Gasteiger charge is 2.11. The summed E-state index contributed by atoms with van der Waals surface area (Å²) < 4.78 is 18.4. The maximum absolute atomic E-state index is 13.5. The number of rotatable bonds is 9. The first kappa shape index (κ1) is 17.4. The SMILES string of the molecule is CCCC(CCN)CCC(=O)Nc1ccc(OC)c(F)c1. The van der Waals surface area contributed by atoms with Crippen LogP contribution in [0.3, 0.4) is 0 Å². The van der Waals surface area contributed by atoms with Crippen LogP contribution in [0.15, 0.2) is 18.2 Å². The smallest absolute Gasteiger partial charge is 0.224 e. The number of benzene rings is 1. The molecule has 1 aromatic rings. The fourth-order valence-corrected chi connectivity index (χ4v) is 2.38. The lowest BCUT2D eigenvalue weighted by atomic mass is 9.94. The number of ether oxygens (including phenoxy) is 1. The highest BCUT2D eigenvalue weighted by molar-refractivity contribution is 5.90. The number of halogens is 1. The third kappa shape index (κ3) is 6.12. The van der Waals surface area contributed by atoms with Gasteiger partial charge in [0.05, 0.1) is 7.11 Å². The van der Waals surface area contributed by atoms with Crippen molar-refractivity contribution in [3.63, 3.8) is 0 Å². The molecular weight excluding hydrogens is 271 g/mol. The van der Waals surface area contributed by atoms with Crippen molar-refractivity contribution >= 4 is 11.6 Å². The molecule has 1 amide bonds. The van der Waals surface area contributed by atoms with Gasteiger partial charge in [-0.15, -0.1) is 0 Å². The molecule has 0 aromatic heterocycles. The summed E-state index contributed by atoms with van der Waals surface area (Å²) in [5.74, 6) is 0.0669. The molecule has 4 nitrogen and oxygen atoms in total. The number of anilines is 1. The summed E-state index contributed by atoms with van der Waals surface area (Å²) >= 11 is 0. The van der Waals surface area contributed by atoms with Crippen LogP contribution >= 0.6 is 0 Å². The van der Waals surface area contributed by atoms with Crippen LogP contribution in [0.5, 0.6) is 5.75 Å². The summed E-state index contributed by atoms with van der Waals surface area (Å²) in [5, 5.41) is 2.71. The van der Waals surface area contributed by atoms with E-state index in [0.29, 0.717) is 24.6 Å². The number of methoxy groups -OCH3 is 1. The minimum Gasteiger partial charge on any atom is -0.494 e. The molecule has 0 spiro atoms. The van der Waals surface area contributed by atoms with E-state index in [-0.39, 0.29) is 11.7 Å². The summed E-state index contributed by atoms with van der Waals surface area (Å²) in [5.41, 5.74) is 6.03. The second kappa shape index (κ2) is 9.34. The number of hydrogen-bond acceptors (Lipinski definition) is 3. The molecule has 1 rings (SSSR count). The van der Waals surface area contributed by atoms with Gasteiger partial charge in [-0.2, -0.15) is 0 Å². The van der Waals surface area contributed by atoms with E-state index in [1.165, 1.54) is 19.2 Å². The molecular formula is C16H25FN2O2. The van der Waals surface area contributed by atoms with Gasteiger partial charge in [0.2, 0.25) is 5.91 Å². The Labute approximate surface area is 125 Å². The monoisotopic (exact) mass is 296 g/mol. The van der Waals surface area contributed by atoms with E-state index in [0.717, 1.165) is 25.7 Å². The maximum atomic E-state index is 13.5. The van der Waals surface area contributed by atoms with Crippen molar-refractivity contribution in [2.24, 2.45) is 11.7 Å². The highest BCUT2D eigenvalue weighted by Crippen LogP contribution is 2.21. The second-order valence-electron chi connectivity index (χ2n) is 5.17. The van der Waals surface area contributed by atoms with Crippen molar-refractivity contribution in [3.05, 3.63) is 24.0 Å². The minimum atomic E-state index is -0.484. The van der Waals surface area contributed by atoms with E-state index in [1.54, 1.807) is 6.07 Å². The Hall–Kier alpha value is -1.62. The first-order chi connectivity index (χ1) is 10.1. The van der Waals surface area contributed by atoms with Crippen molar-refractivity contribution in [2.75, 3.05) is 19.0 Å². The Morgan fingerprint density at radius 1 is 1.38 bits per heavy atom. The summed E-state index contributed by atoms with van der Waals surface area (Å²) in [6.07, 6.45) is 4.36. The molecule has 1 atom stereocenters. The van der Waals surface area contributed by atoms with E-state index in [9.17, 15) is 9.18 Å². The standard InChI is InChI=1S/C16H25FN2O2/c1-3-4-12(9-10-18)5-8-16(20)19-13-6-7-15(21-2)14(17)11-13/h6-7,11-12H,3-5,8-10,18H2,1-2H3,(H,19,20). The summed E-state index contributed by atoms with van der Waals surface area (Å²) in [6.45, 7) is 2.78. The molecule has 1 unspecified atom stereocenters. The molecule has 0 heterocycles. The molecule has 118 valence electrons. The predicted octanol–water partition coefficient (Wildman–Crippen LogP) is 3.32. The van der Waals surface area contributed by atoms with Gasteiger partial charge in [-0.25, -0.2) is 4.39 Å². The van der Waals surface area contributed by atoms with Crippen LogP contribution in [0.2, 0.25) is 0 Å². The Kier molecular flexibility index (Phi) is 7.75. The van der Waals surface area contributed by atoms with Gasteiger partial charge in [0.25, 0.3) is 0 Å². The first-order valence-electron chi connectivity index (χ1n) is 7.44. The molecule has 0 radical (unpaired) electrons. The lowest BCUT2D eigenvalue weighted by Crippen LogP contribution is -2.15. The number of nitrogens with two attached hydrogens (primary N) is 1. The van der Waals surface area contributed by atoms with Crippen LogP contribution < -0.4 is 15.8 Å². The third-order valence-electron chi connectivity index (χ3n) is 3.49. The molecule has 21 heavy (non-hydrogen) atoms. The van der Waals surface area contributed by atoms with Gasteiger partial charge >= 0.3 is 0 Å². The molecule has 1 aromatic carbocycles. The molecule has 0 aliphatic carbocycles. The van der Waals surface area contributed by atoms with Gasteiger partial charge in [-0.1, -0.05) is 19.8 Å². The fraction of sp³-hybridized carbons (Fsp3) is 0.562. The summed E-state index contributed by atoms with van der Waals surface area (Å²) in [6, 6.07) is 4.39. The number of carbonyl (C=O) groups is 1. The number of nitrogens with one attached hydrogen (secondary N) is 1. The van der Waals surface area contributed by atoms with E-state index in [4.69, 9.17) is 10.5 Å². The summed E-state index contributed by atoms with van der Waals surface area (Å²) in [7, 11) is 1.40. The Morgan fingerprint density at radius 3 is 2.71 bits per heavy atom. The van der Waals surface area contributed by atoms with Gasteiger partial charge in [0, 0.05) is 18.2 Å². The fourth-order valence-electron chi connectivity index (χ4n) is 2.38. The van der Waals surface area contributed by atoms with Gasteiger partial charge < -0.3 is 15.8 Å². The molecule has 0 saturated heterocycles. The molecule has 3 N–H and O–H groups in total. The van der Waals surface area contributed by atoms with Crippen LogP contribution in [0.1, 0.15) is 39.0 Å². The van der Waals surface area contributed by atoms with E-state index < -0.39 is 5.82 Å². The zero-order valence-electron chi connectivity index (χ0n) is 12.8. The van der Waals surface area contributed by atoms with E-state index >= 15 is 0 Å². The van der Waals surface area contributed by atoms with Crippen LogP contribution in [-0.2, 0) is 4.79 Å². The highest BCUT2D eigenvalue weighted by atomic mass is 19.1. The Morgan fingerprint density at radius 2 is 2.14 bits per heavy atom. The molecule has 0 aliphatic heterocycles. The van der Waals surface area contributed by atoms with Crippen molar-refractivity contribution in [3.8, 4) is 5.75 Å². The van der Waals surface area contributed by atoms with Gasteiger partial charge in [0.1, 0.15) is 0 Å². The zero-order chi connectivity index (χ0) is 15.7. The molecule has 0 saturated carbocycles. The van der Waals surface area contributed by atoms with Crippen LogP contribution in [0.4, 0.5) is 10.1 Å². The molecule has 0 bridgehead atoms. The van der Waals surface area contributed by atoms with E-state index in [2.05, 4.69) is 12.2 Å². The van der Waals surface area contributed by atoms with Crippen molar-refractivity contribution in [2.45, 2.75) is 39.0 Å². The predicted molar refractivity (Wildman–Crippen MR) is 82.9 cm³/mol. The number of amides is 1. The molecule has 5 heteroatoms. The van der Waals surface area contributed by atoms with Crippen molar-refractivity contribution in [1.82, 2.24) is 0 Å². The van der Waals surface area contributed by atoms with Gasteiger partial charge in [-0.05, 0) is 37.4 Å². The average molecular weight is 296 g/mol. The normalized spacial score (nSPS) is 12.0. The second-order valence-corrected chi connectivity index (χ2v) is 5.17. The topological polar surface area (TPSA) is 64.4 Å². The van der Waals surface area contributed by atoms with Crippen LogP contribution in [-0.4, -0.2) is 19.6 Å².